The van der Waals surface area contributed by atoms with Gasteiger partial charge in [-0.15, -0.1) is 10.2 Å². The Morgan fingerprint density at radius 1 is 1.14 bits per heavy atom. The molecule has 4 rings (SSSR count). The Morgan fingerprint density at radius 3 is 2.69 bits per heavy atom. The Kier molecular flexibility index (Phi) is 5.94. The molecule has 7 heteroatoms. The van der Waals surface area contributed by atoms with Crippen LogP contribution >= 0.6 is 11.8 Å². The number of aromatic nitrogens is 2. The number of benzene rings is 2. The van der Waals surface area contributed by atoms with Crippen molar-refractivity contribution in [3.05, 3.63) is 70.9 Å². The predicted molar refractivity (Wildman–Crippen MR) is 108 cm³/mol. The van der Waals surface area contributed by atoms with Gasteiger partial charge in [0.05, 0.1) is 5.75 Å². The van der Waals surface area contributed by atoms with Crippen LogP contribution in [0.3, 0.4) is 0 Å². The van der Waals surface area contributed by atoms with Gasteiger partial charge in [-0.25, -0.2) is 4.39 Å². The second-order valence-corrected chi connectivity index (χ2v) is 7.95. The third-order valence-corrected chi connectivity index (χ3v) is 5.71. The molecule has 1 aliphatic carbocycles. The highest BCUT2D eigenvalue weighted by Crippen LogP contribution is 2.26. The smallest absolute Gasteiger partial charge is 0.277 e. The molecule has 1 aliphatic rings. The van der Waals surface area contributed by atoms with E-state index in [0.29, 0.717) is 16.9 Å². The highest BCUT2D eigenvalue weighted by molar-refractivity contribution is 7.99. The highest BCUT2D eigenvalue weighted by atomic mass is 32.2. The van der Waals surface area contributed by atoms with Crippen LogP contribution in [0.2, 0.25) is 0 Å². The van der Waals surface area contributed by atoms with Crippen LogP contribution in [0.25, 0.3) is 0 Å². The van der Waals surface area contributed by atoms with Gasteiger partial charge in [0.15, 0.2) is 11.9 Å². The molecule has 0 spiro atoms. The summed E-state index contributed by atoms with van der Waals surface area (Å²) in [5, 5.41) is 8.29. The first kappa shape index (κ1) is 19.6. The van der Waals surface area contributed by atoms with Crippen molar-refractivity contribution in [3.8, 4) is 5.75 Å². The van der Waals surface area contributed by atoms with Crippen LogP contribution in [-0.4, -0.2) is 21.7 Å². The molecule has 150 valence electrons. The van der Waals surface area contributed by atoms with Gasteiger partial charge >= 0.3 is 0 Å². The van der Waals surface area contributed by atoms with Crippen LogP contribution in [0.5, 0.6) is 5.75 Å². The molecule has 29 heavy (non-hydrogen) atoms. The summed E-state index contributed by atoms with van der Waals surface area (Å²) in [7, 11) is 0. The Labute approximate surface area is 172 Å². The minimum absolute atomic E-state index is 0.0405. The number of hydrogen-bond acceptors (Lipinski definition) is 6. The van der Waals surface area contributed by atoms with Gasteiger partial charge in [-0.1, -0.05) is 23.9 Å². The molecule has 5 nitrogen and oxygen atoms in total. The quantitative estimate of drug-likeness (QED) is 0.392. The molecule has 1 atom stereocenters. The lowest BCUT2D eigenvalue weighted by Crippen LogP contribution is -2.07. The number of aryl methyl sites for hydroxylation is 2. The average molecular weight is 412 g/mol. The normalized spacial score (nSPS) is 14.3. The van der Waals surface area contributed by atoms with E-state index in [9.17, 15) is 9.18 Å². The van der Waals surface area contributed by atoms with Crippen molar-refractivity contribution in [2.24, 2.45) is 0 Å². The number of hydrogen-bond donors (Lipinski definition) is 0. The lowest BCUT2D eigenvalue weighted by atomic mass is 9.90. The van der Waals surface area contributed by atoms with Crippen molar-refractivity contribution in [2.45, 2.75) is 43.9 Å². The Bertz CT molecular complexity index is 1000. The third-order valence-electron chi connectivity index (χ3n) is 4.89. The van der Waals surface area contributed by atoms with E-state index < -0.39 is 6.10 Å². The summed E-state index contributed by atoms with van der Waals surface area (Å²) >= 11 is 1.21. The maximum atomic E-state index is 13.0. The number of nitrogens with zero attached hydrogens (tertiary/aromatic N) is 2. The van der Waals surface area contributed by atoms with Crippen LogP contribution in [0.1, 0.15) is 53.2 Å². The topological polar surface area (TPSA) is 65.2 Å². The van der Waals surface area contributed by atoms with Gasteiger partial charge in [-0.05, 0) is 74.1 Å². The third kappa shape index (κ3) is 4.85. The standard InChI is InChI=1S/C22H21FN2O3S/c1-14(27-19-10-8-18(23)9-11-19)21-24-25-22(28-21)29-13-20(26)17-7-6-15-4-2-3-5-16(15)12-17/h6-12,14H,2-5,13H2,1H3/t14-/m0/s1. The van der Waals surface area contributed by atoms with Crippen molar-refractivity contribution >= 4 is 17.5 Å². The van der Waals surface area contributed by atoms with Gasteiger partial charge in [0.25, 0.3) is 11.1 Å². The first-order valence-electron chi connectivity index (χ1n) is 9.62. The second kappa shape index (κ2) is 8.78. The molecule has 0 radical (unpaired) electrons. The number of carbonyl (C=O) groups is 1. The number of carbonyl (C=O) groups excluding carboxylic acids is 1. The molecule has 3 aromatic rings. The summed E-state index contributed by atoms with van der Waals surface area (Å²) in [6.07, 6.45) is 4.06. The van der Waals surface area contributed by atoms with Crippen LogP contribution in [-0.2, 0) is 12.8 Å². The van der Waals surface area contributed by atoms with Crippen LogP contribution in [0, 0.1) is 5.82 Å². The molecule has 0 bridgehead atoms. The maximum absolute atomic E-state index is 13.0. The molecule has 0 fully saturated rings. The zero-order valence-corrected chi connectivity index (χ0v) is 16.9. The van der Waals surface area contributed by atoms with Crippen molar-refractivity contribution in [1.29, 1.82) is 0 Å². The zero-order chi connectivity index (χ0) is 20.2. The van der Waals surface area contributed by atoms with Gasteiger partial charge in [0, 0.05) is 5.56 Å². The molecule has 2 aromatic carbocycles. The van der Waals surface area contributed by atoms with Gasteiger partial charge in [0.1, 0.15) is 11.6 Å². The molecule has 0 unspecified atom stereocenters. The number of halogens is 1. The number of rotatable bonds is 7. The van der Waals surface area contributed by atoms with E-state index in [2.05, 4.69) is 16.3 Å². The molecule has 0 aliphatic heterocycles. The molecular weight excluding hydrogens is 391 g/mol. The minimum atomic E-state index is -0.487. The van der Waals surface area contributed by atoms with E-state index in [1.54, 1.807) is 6.92 Å². The summed E-state index contributed by atoms with van der Waals surface area (Å²) < 4.78 is 24.3. The van der Waals surface area contributed by atoms with Crippen molar-refractivity contribution < 1.29 is 18.3 Å². The van der Waals surface area contributed by atoms with E-state index in [0.717, 1.165) is 18.4 Å². The van der Waals surface area contributed by atoms with Gasteiger partial charge in [0.2, 0.25) is 0 Å². The monoisotopic (exact) mass is 412 g/mol. The van der Waals surface area contributed by atoms with E-state index in [1.807, 2.05) is 12.1 Å². The molecule has 1 aromatic heterocycles. The molecule has 0 saturated heterocycles. The van der Waals surface area contributed by atoms with E-state index in [-0.39, 0.29) is 17.4 Å². The van der Waals surface area contributed by atoms with Crippen molar-refractivity contribution in [1.82, 2.24) is 10.2 Å². The summed E-state index contributed by atoms with van der Waals surface area (Å²) in [4.78, 5) is 12.5. The molecule has 0 amide bonds. The Hall–Kier alpha value is -2.67. The lowest BCUT2D eigenvalue weighted by molar-refractivity contribution is 0.102. The van der Waals surface area contributed by atoms with Crippen LogP contribution in [0.15, 0.2) is 52.1 Å². The van der Waals surface area contributed by atoms with Gasteiger partial charge < -0.3 is 9.15 Å². The summed E-state index contributed by atoms with van der Waals surface area (Å²) in [5.41, 5.74) is 3.38. The Balaban J connectivity index is 1.34. The number of ketones is 1. The Morgan fingerprint density at radius 2 is 1.90 bits per heavy atom. The fraction of sp³-hybridized carbons (Fsp3) is 0.318. The molecule has 1 heterocycles. The fourth-order valence-electron chi connectivity index (χ4n) is 3.33. The van der Waals surface area contributed by atoms with E-state index in [1.165, 1.54) is 60.0 Å². The van der Waals surface area contributed by atoms with E-state index in [4.69, 9.17) is 9.15 Å². The van der Waals surface area contributed by atoms with E-state index >= 15 is 0 Å². The SMILES string of the molecule is C[C@H](Oc1ccc(F)cc1)c1nnc(SCC(=O)c2ccc3c(c2)CCCC3)o1. The first-order chi connectivity index (χ1) is 14.1. The maximum Gasteiger partial charge on any atom is 0.277 e. The summed E-state index contributed by atoms with van der Waals surface area (Å²) in [6, 6.07) is 11.7. The predicted octanol–water partition coefficient (Wildman–Crippen LogP) is 5.20. The zero-order valence-electron chi connectivity index (χ0n) is 16.1. The summed E-state index contributed by atoms with van der Waals surface area (Å²) in [6.45, 7) is 1.77. The fourth-order valence-corrected chi connectivity index (χ4v) is 3.99. The van der Waals surface area contributed by atoms with Crippen molar-refractivity contribution in [3.63, 3.8) is 0 Å². The molecule has 0 N–H and O–H groups in total. The lowest BCUT2D eigenvalue weighted by Gasteiger charge is -2.16. The largest absolute Gasteiger partial charge is 0.481 e. The minimum Gasteiger partial charge on any atom is -0.481 e. The average Bonchev–Trinajstić information content (AvgIpc) is 3.22. The first-order valence-corrected chi connectivity index (χ1v) is 10.6. The molecule has 0 saturated carbocycles. The van der Waals surface area contributed by atoms with Crippen LogP contribution < -0.4 is 4.74 Å². The second-order valence-electron chi connectivity index (χ2n) is 7.02. The highest BCUT2D eigenvalue weighted by Gasteiger charge is 2.18. The number of thioether (sulfide) groups is 1. The van der Waals surface area contributed by atoms with Gasteiger partial charge in [-0.2, -0.15) is 0 Å². The number of Topliss-reactive ketones (excluding diaryl/α,β-unsaturated/α-hetero) is 1. The van der Waals surface area contributed by atoms with Crippen molar-refractivity contribution in [2.75, 3.05) is 5.75 Å². The number of ether oxygens (including phenoxy) is 1. The summed E-state index contributed by atoms with van der Waals surface area (Å²) in [5.74, 6) is 0.754. The number of fused-ring (bicyclic) bond motifs is 1. The van der Waals surface area contributed by atoms with Gasteiger partial charge in [-0.3, -0.25) is 4.79 Å². The molecular formula is C22H21FN2O3S. The van der Waals surface area contributed by atoms with Crippen LogP contribution in [0.4, 0.5) is 4.39 Å².